The molecule has 0 saturated carbocycles. The van der Waals surface area contributed by atoms with Gasteiger partial charge in [0.25, 0.3) is 0 Å². The van der Waals surface area contributed by atoms with Crippen LogP contribution in [-0.4, -0.2) is 49.3 Å². The molecule has 1 aliphatic heterocycles. The topological polar surface area (TPSA) is 81.9 Å². The van der Waals surface area contributed by atoms with Crippen LogP contribution in [0.15, 0.2) is 23.2 Å². The first-order chi connectivity index (χ1) is 14.1. The average molecular weight is 402 g/mol. The summed E-state index contributed by atoms with van der Waals surface area (Å²) in [6, 6.07) is 6.07. The van der Waals surface area contributed by atoms with Crippen LogP contribution >= 0.6 is 0 Å². The molecule has 3 rings (SSSR count). The molecule has 0 atom stereocenters. The standard InChI is InChI=1S/C21H31N5O3/c1-5-22-21(23-9-8-17-6-7-19-20(12-17)29-14-28-19)24-13-18-15(2)25-26(16(18)3)10-11-27-4/h6-7,12H,5,8-11,13-14H2,1-4H3,(H2,22,23,24). The quantitative estimate of drug-likeness (QED) is 0.495. The largest absolute Gasteiger partial charge is 0.454 e. The summed E-state index contributed by atoms with van der Waals surface area (Å²) in [4.78, 5) is 4.75. The minimum absolute atomic E-state index is 0.301. The predicted octanol–water partition coefficient (Wildman–Crippen LogP) is 2.17. The highest BCUT2D eigenvalue weighted by Gasteiger charge is 2.13. The average Bonchev–Trinajstić information content (AvgIpc) is 3.28. The number of rotatable bonds is 9. The number of aromatic nitrogens is 2. The minimum Gasteiger partial charge on any atom is -0.454 e. The smallest absolute Gasteiger partial charge is 0.231 e. The molecule has 1 aliphatic rings. The maximum Gasteiger partial charge on any atom is 0.231 e. The van der Waals surface area contributed by atoms with Crippen molar-refractivity contribution in [2.45, 2.75) is 40.3 Å². The molecule has 0 spiro atoms. The fourth-order valence-corrected chi connectivity index (χ4v) is 3.28. The van der Waals surface area contributed by atoms with Crippen molar-refractivity contribution in [3.63, 3.8) is 0 Å². The van der Waals surface area contributed by atoms with Crippen molar-refractivity contribution >= 4 is 5.96 Å². The van der Waals surface area contributed by atoms with Gasteiger partial charge < -0.3 is 24.8 Å². The van der Waals surface area contributed by atoms with E-state index in [1.165, 1.54) is 5.56 Å². The highest BCUT2D eigenvalue weighted by atomic mass is 16.7. The van der Waals surface area contributed by atoms with E-state index in [1.807, 2.05) is 23.7 Å². The molecule has 8 nitrogen and oxygen atoms in total. The number of hydrogen-bond donors (Lipinski definition) is 2. The highest BCUT2D eigenvalue weighted by molar-refractivity contribution is 5.79. The van der Waals surface area contributed by atoms with E-state index in [0.717, 1.165) is 60.5 Å². The number of guanidine groups is 1. The molecule has 158 valence electrons. The molecular weight excluding hydrogens is 370 g/mol. The molecular formula is C21H31N5O3. The van der Waals surface area contributed by atoms with Crippen molar-refractivity contribution < 1.29 is 14.2 Å². The van der Waals surface area contributed by atoms with Gasteiger partial charge in [0.15, 0.2) is 17.5 Å². The fraction of sp³-hybridized carbons (Fsp3) is 0.524. The van der Waals surface area contributed by atoms with Gasteiger partial charge in [-0.3, -0.25) is 4.68 Å². The van der Waals surface area contributed by atoms with E-state index in [1.54, 1.807) is 7.11 Å². The van der Waals surface area contributed by atoms with E-state index >= 15 is 0 Å². The number of nitrogens with one attached hydrogen (secondary N) is 2. The molecule has 1 aromatic carbocycles. The van der Waals surface area contributed by atoms with E-state index in [9.17, 15) is 0 Å². The fourth-order valence-electron chi connectivity index (χ4n) is 3.28. The van der Waals surface area contributed by atoms with Crippen LogP contribution in [0, 0.1) is 13.8 Å². The van der Waals surface area contributed by atoms with E-state index in [4.69, 9.17) is 19.2 Å². The Kier molecular flexibility index (Phi) is 7.35. The van der Waals surface area contributed by atoms with Gasteiger partial charge in [-0.1, -0.05) is 6.07 Å². The van der Waals surface area contributed by atoms with Crippen molar-refractivity contribution in [3.05, 3.63) is 40.7 Å². The molecule has 0 aliphatic carbocycles. The van der Waals surface area contributed by atoms with Crippen LogP contribution in [0.5, 0.6) is 11.5 Å². The summed E-state index contributed by atoms with van der Waals surface area (Å²) in [5.41, 5.74) is 4.51. The third-order valence-corrected chi connectivity index (χ3v) is 4.92. The highest BCUT2D eigenvalue weighted by Crippen LogP contribution is 2.32. The normalized spacial score (nSPS) is 13.0. The zero-order chi connectivity index (χ0) is 20.6. The van der Waals surface area contributed by atoms with E-state index in [-0.39, 0.29) is 0 Å². The number of fused-ring (bicyclic) bond motifs is 1. The first kappa shape index (κ1) is 21.0. The van der Waals surface area contributed by atoms with Gasteiger partial charge in [-0.2, -0.15) is 5.10 Å². The summed E-state index contributed by atoms with van der Waals surface area (Å²) < 4.78 is 18.0. The molecule has 0 saturated heterocycles. The third-order valence-electron chi connectivity index (χ3n) is 4.92. The number of nitrogens with zero attached hydrogens (tertiary/aromatic N) is 3. The maximum atomic E-state index is 5.45. The van der Waals surface area contributed by atoms with Gasteiger partial charge in [-0.15, -0.1) is 0 Å². The van der Waals surface area contributed by atoms with Crippen LogP contribution in [0.4, 0.5) is 0 Å². The van der Waals surface area contributed by atoms with Crippen LogP contribution in [-0.2, 0) is 24.2 Å². The summed E-state index contributed by atoms with van der Waals surface area (Å²) in [5.74, 6) is 2.43. The Morgan fingerprint density at radius 1 is 1.24 bits per heavy atom. The summed E-state index contributed by atoms with van der Waals surface area (Å²) in [7, 11) is 1.70. The van der Waals surface area contributed by atoms with Crippen LogP contribution in [0.2, 0.25) is 0 Å². The summed E-state index contributed by atoms with van der Waals surface area (Å²) >= 11 is 0. The van der Waals surface area contributed by atoms with Gasteiger partial charge >= 0.3 is 0 Å². The molecule has 0 radical (unpaired) electrons. The number of benzene rings is 1. The SMILES string of the molecule is CCNC(=NCc1c(C)nn(CCOC)c1C)NCCc1ccc2c(c1)OCO2. The predicted molar refractivity (Wildman–Crippen MR) is 113 cm³/mol. The lowest BCUT2D eigenvalue weighted by Gasteiger charge is -2.12. The lowest BCUT2D eigenvalue weighted by atomic mass is 10.1. The van der Waals surface area contributed by atoms with Crippen LogP contribution in [0.1, 0.15) is 29.4 Å². The zero-order valence-corrected chi connectivity index (χ0v) is 17.7. The maximum absolute atomic E-state index is 5.45. The number of aliphatic imine (C=N–C) groups is 1. The second-order valence-electron chi connectivity index (χ2n) is 6.92. The van der Waals surface area contributed by atoms with Gasteiger partial charge in [0.1, 0.15) is 0 Å². The third kappa shape index (κ3) is 5.41. The van der Waals surface area contributed by atoms with Crippen molar-refractivity contribution in [2.24, 2.45) is 4.99 Å². The molecule has 0 unspecified atom stereocenters. The Hall–Kier alpha value is -2.74. The molecule has 0 fully saturated rings. The first-order valence-corrected chi connectivity index (χ1v) is 10.0. The Morgan fingerprint density at radius 2 is 2.07 bits per heavy atom. The Morgan fingerprint density at radius 3 is 2.86 bits per heavy atom. The molecule has 2 heterocycles. The van der Waals surface area contributed by atoms with Crippen LogP contribution in [0.3, 0.4) is 0 Å². The molecule has 0 amide bonds. The zero-order valence-electron chi connectivity index (χ0n) is 17.7. The van der Waals surface area contributed by atoms with E-state index in [2.05, 4.69) is 35.6 Å². The summed E-state index contributed by atoms with van der Waals surface area (Å²) in [6.07, 6.45) is 0.869. The van der Waals surface area contributed by atoms with Crippen molar-refractivity contribution in [1.29, 1.82) is 0 Å². The lowest BCUT2D eigenvalue weighted by molar-refractivity contribution is 0.174. The number of aryl methyl sites for hydroxylation is 1. The van der Waals surface area contributed by atoms with Gasteiger partial charge in [0.05, 0.1) is 25.4 Å². The van der Waals surface area contributed by atoms with Crippen LogP contribution < -0.4 is 20.1 Å². The Balaban J connectivity index is 1.58. The van der Waals surface area contributed by atoms with E-state index < -0.39 is 0 Å². The van der Waals surface area contributed by atoms with Gasteiger partial charge in [-0.05, 0) is 44.9 Å². The van der Waals surface area contributed by atoms with Gasteiger partial charge in [0.2, 0.25) is 6.79 Å². The molecule has 8 heteroatoms. The lowest BCUT2D eigenvalue weighted by Crippen LogP contribution is -2.38. The molecule has 1 aromatic heterocycles. The minimum atomic E-state index is 0.301. The van der Waals surface area contributed by atoms with Crippen molar-refractivity contribution in [2.75, 3.05) is 33.6 Å². The molecule has 2 N–H and O–H groups in total. The summed E-state index contributed by atoms with van der Waals surface area (Å²) in [6.45, 7) is 10.0. The Bertz CT molecular complexity index is 847. The van der Waals surface area contributed by atoms with Crippen molar-refractivity contribution in [1.82, 2.24) is 20.4 Å². The number of methoxy groups -OCH3 is 1. The van der Waals surface area contributed by atoms with Crippen molar-refractivity contribution in [3.8, 4) is 11.5 Å². The number of ether oxygens (including phenoxy) is 3. The summed E-state index contributed by atoms with van der Waals surface area (Å²) in [5, 5.41) is 11.3. The molecule has 0 bridgehead atoms. The second-order valence-corrected chi connectivity index (χ2v) is 6.92. The monoisotopic (exact) mass is 401 g/mol. The van der Waals surface area contributed by atoms with Crippen LogP contribution in [0.25, 0.3) is 0 Å². The van der Waals surface area contributed by atoms with Gasteiger partial charge in [-0.25, -0.2) is 4.99 Å². The Labute approximate surface area is 172 Å². The molecule has 2 aromatic rings. The molecule has 29 heavy (non-hydrogen) atoms. The van der Waals surface area contributed by atoms with Gasteiger partial charge in [0, 0.05) is 31.5 Å². The second kappa shape index (κ2) is 10.2. The first-order valence-electron chi connectivity index (χ1n) is 10.0. The van der Waals surface area contributed by atoms with E-state index in [0.29, 0.717) is 19.9 Å². The number of hydrogen-bond acceptors (Lipinski definition) is 5.